The first kappa shape index (κ1) is 13.8. The lowest BCUT2D eigenvalue weighted by molar-refractivity contribution is -0.142. The van der Waals surface area contributed by atoms with Gasteiger partial charge in [-0.15, -0.1) is 0 Å². The van der Waals surface area contributed by atoms with Gasteiger partial charge in [0.05, 0.1) is 18.5 Å². The molecule has 5 nitrogen and oxygen atoms in total. The number of hydrogen-bond donors (Lipinski definition) is 0. The fraction of sp³-hybridized carbons (Fsp3) is 0.200. The molecule has 0 bridgehead atoms. The lowest BCUT2D eigenvalue weighted by Crippen LogP contribution is -2.06. The maximum atomic E-state index is 11.0. The quantitative estimate of drug-likeness (QED) is 0.680. The number of fused-ring (bicyclic) bond motifs is 1. The van der Waals surface area contributed by atoms with Crippen molar-refractivity contribution in [2.24, 2.45) is 0 Å². The van der Waals surface area contributed by atoms with E-state index >= 15 is 0 Å². The average Bonchev–Trinajstić information content (AvgIpc) is 3.06. The van der Waals surface area contributed by atoms with Crippen LogP contribution in [0, 0.1) is 6.92 Å². The van der Waals surface area contributed by atoms with Crippen LogP contribution in [0.1, 0.15) is 11.4 Å². The molecule has 0 saturated carbocycles. The third-order valence-corrected chi connectivity index (χ3v) is 3.92. The Bertz CT molecular complexity index is 717. The third-order valence-electron chi connectivity index (χ3n) is 2.94. The second-order valence-corrected chi connectivity index (χ2v) is 5.48. The minimum Gasteiger partial charge on any atom is -0.465 e. The second kappa shape index (κ2) is 6.05. The number of hydrogen-bond acceptors (Lipinski definition) is 5. The van der Waals surface area contributed by atoms with Crippen molar-refractivity contribution in [2.75, 3.05) is 6.61 Å². The van der Waals surface area contributed by atoms with Gasteiger partial charge < -0.3 is 4.74 Å². The number of rotatable bonds is 5. The lowest BCUT2D eigenvalue weighted by Gasteiger charge is -1.99. The van der Waals surface area contributed by atoms with Crippen LogP contribution in [0.15, 0.2) is 36.5 Å². The topological polar surface area (TPSA) is 56.5 Å². The van der Waals surface area contributed by atoms with Gasteiger partial charge >= 0.3 is 5.97 Å². The van der Waals surface area contributed by atoms with E-state index in [2.05, 4.69) is 17.0 Å². The Morgan fingerprint density at radius 2 is 2.14 bits per heavy atom. The van der Waals surface area contributed by atoms with Crippen LogP contribution in [0.2, 0.25) is 0 Å². The van der Waals surface area contributed by atoms with E-state index in [-0.39, 0.29) is 12.4 Å². The molecule has 0 spiro atoms. The van der Waals surface area contributed by atoms with Gasteiger partial charge in [0.2, 0.25) is 4.96 Å². The molecule has 0 aliphatic carbocycles. The molecule has 1 radical (unpaired) electrons. The number of nitrogens with zero attached hydrogens (tertiary/aromatic N) is 3. The molecule has 0 saturated heterocycles. The summed E-state index contributed by atoms with van der Waals surface area (Å²) in [5.41, 5.74) is 1.98. The van der Waals surface area contributed by atoms with E-state index in [1.807, 2.05) is 36.5 Å². The zero-order valence-electron chi connectivity index (χ0n) is 11.4. The standard InChI is InChI=1S/C15H14N3O2S/c1-2-14(19)20-9-8-13-17-18-10-12(16-15(18)21-13)11-6-4-3-5-7-11/h3-7,10H,1-2,8-9H2. The molecule has 0 N–H and O–H groups in total. The molecule has 21 heavy (non-hydrogen) atoms. The summed E-state index contributed by atoms with van der Waals surface area (Å²) < 4.78 is 6.77. The zero-order valence-corrected chi connectivity index (χ0v) is 12.2. The molecule has 107 valence electrons. The summed E-state index contributed by atoms with van der Waals surface area (Å²) >= 11 is 1.51. The van der Waals surface area contributed by atoms with E-state index in [1.165, 1.54) is 11.3 Å². The SMILES string of the molecule is [CH2]CC(=O)OCCc1nn2cc(-c3ccccc3)nc2s1. The van der Waals surface area contributed by atoms with Crippen LogP contribution >= 0.6 is 11.3 Å². The summed E-state index contributed by atoms with van der Waals surface area (Å²) in [6.45, 7) is 3.80. The minimum absolute atomic E-state index is 0.154. The summed E-state index contributed by atoms with van der Waals surface area (Å²) in [6, 6.07) is 9.99. The highest BCUT2D eigenvalue weighted by Gasteiger charge is 2.10. The van der Waals surface area contributed by atoms with Crippen LogP contribution in [0.4, 0.5) is 0 Å². The van der Waals surface area contributed by atoms with Gasteiger partial charge in [0.25, 0.3) is 0 Å². The van der Waals surface area contributed by atoms with Crippen molar-refractivity contribution < 1.29 is 9.53 Å². The van der Waals surface area contributed by atoms with Crippen molar-refractivity contribution in [3.8, 4) is 11.3 Å². The van der Waals surface area contributed by atoms with E-state index < -0.39 is 0 Å². The van der Waals surface area contributed by atoms with Crippen molar-refractivity contribution in [3.05, 3.63) is 48.5 Å². The molecule has 1 aromatic carbocycles. The fourth-order valence-electron chi connectivity index (χ4n) is 1.91. The number of benzene rings is 1. The Morgan fingerprint density at radius 3 is 2.86 bits per heavy atom. The summed E-state index contributed by atoms with van der Waals surface area (Å²) in [5, 5.41) is 5.34. The van der Waals surface area contributed by atoms with Gasteiger partial charge in [-0.1, -0.05) is 41.7 Å². The summed E-state index contributed by atoms with van der Waals surface area (Å²) in [5.74, 6) is -0.289. The zero-order chi connectivity index (χ0) is 14.7. The molecule has 3 rings (SSSR count). The van der Waals surface area contributed by atoms with Crippen LogP contribution in [-0.4, -0.2) is 27.2 Å². The number of imidazole rings is 1. The lowest BCUT2D eigenvalue weighted by atomic mass is 10.2. The Labute approximate surface area is 126 Å². The molecule has 0 unspecified atom stereocenters. The predicted molar refractivity (Wildman–Crippen MR) is 80.9 cm³/mol. The predicted octanol–water partition coefficient (Wildman–Crippen LogP) is 2.77. The van der Waals surface area contributed by atoms with Gasteiger partial charge in [0.15, 0.2) is 0 Å². The molecule has 6 heteroatoms. The molecule has 0 aliphatic rings. The first-order chi connectivity index (χ1) is 10.3. The van der Waals surface area contributed by atoms with Gasteiger partial charge in [-0.2, -0.15) is 5.10 Å². The second-order valence-electron chi connectivity index (χ2n) is 4.44. The maximum Gasteiger partial charge on any atom is 0.305 e. The van der Waals surface area contributed by atoms with Gasteiger partial charge in [-0.25, -0.2) is 9.50 Å². The van der Waals surface area contributed by atoms with Gasteiger partial charge in [0.1, 0.15) is 5.01 Å². The van der Waals surface area contributed by atoms with Crippen molar-refractivity contribution in [1.82, 2.24) is 14.6 Å². The first-order valence-electron chi connectivity index (χ1n) is 6.61. The van der Waals surface area contributed by atoms with E-state index in [4.69, 9.17) is 4.74 Å². The number of carbonyl (C=O) groups excluding carboxylic acids is 1. The fourth-order valence-corrected chi connectivity index (χ4v) is 2.77. The Balaban J connectivity index is 1.71. The Morgan fingerprint density at radius 1 is 1.33 bits per heavy atom. The largest absolute Gasteiger partial charge is 0.465 e. The molecular weight excluding hydrogens is 286 g/mol. The van der Waals surface area contributed by atoms with E-state index in [0.717, 1.165) is 21.2 Å². The van der Waals surface area contributed by atoms with Crippen molar-refractivity contribution in [1.29, 1.82) is 0 Å². The highest BCUT2D eigenvalue weighted by atomic mass is 32.1. The molecule has 3 aromatic rings. The average molecular weight is 300 g/mol. The van der Waals surface area contributed by atoms with E-state index in [1.54, 1.807) is 4.52 Å². The molecule has 0 amide bonds. The Kier molecular flexibility index (Phi) is 3.96. The number of esters is 1. The molecular formula is C15H14N3O2S. The van der Waals surface area contributed by atoms with Crippen molar-refractivity contribution in [2.45, 2.75) is 12.8 Å². The highest BCUT2D eigenvalue weighted by molar-refractivity contribution is 7.16. The number of aromatic nitrogens is 3. The van der Waals surface area contributed by atoms with Crippen molar-refractivity contribution >= 4 is 22.3 Å². The monoisotopic (exact) mass is 300 g/mol. The Hall–Kier alpha value is -2.21. The van der Waals surface area contributed by atoms with Crippen LogP contribution < -0.4 is 0 Å². The summed E-state index contributed by atoms with van der Waals surface area (Å²) in [4.78, 5) is 16.4. The van der Waals surface area contributed by atoms with Crippen molar-refractivity contribution in [3.63, 3.8) is 0 Å². The first-order valence-corrected chi connectivity index (χ1v) is 7.43. The molecule has 0 fully saturated rings. The van der Waals surface area contributed by atoms with Crippen LogP contribution in [0.3, 0.4) is 0 Å². The molecule has 2 aromatic heterocycles. The number of carbonyl (C=O) groups is 1. The van der Waals surface area contributed by atoms with Gasteiger partial charge in [0, 0.05) is 18.4 Å². The molecule has 0 aliphatic heterocycles. The van der Waals surface area contributed by atoms with Crippen LogP contribution in [-0.2, 0) is 16.0 Å². The van der Waals surface area contributed by atoms with Gasteiger partial charge in [-0.05, 0) is 6.92 Å². The van der Waals surface area contributed by atoms with Gasteiger partial charge in [-0.3, -0.25) is 4.79 Å². The number of ether oxygens (including phenoxy) is 1. The minimum atomic E-state index is -0.289. The van der Waals surface area contributed by atoms with E-state index in [0.29, 0.717) is 13.0 Å². The molecule has 2 heterocycles. The third kappa shape index (κ3) is 3.11. The maximum absolute atomic E-state index is 11.0. The summed E-state index contributed by atoms with van der Waals surface area (Å²) in [6.07, 6.45) is 2.66. The van der Waals surface area contributed by atoms with Crippen LogP contribution in [0.5, 0.6) is 0 Å². The molecule has 0 atom stereocenters. The van der Waals surface area contributed by atoms with E-state index in [9.17, 15) is 4.79 Å². The normalized spacial score (nSPS) is 10.9. The summed E-state index contributed by atoms with van der Waals surface area (Å²) in [7, 11) is 0. The van der Waals surface area contributed by atoms with Crippen LogP contribution in [0.25, 0.3) is 16.2 Å². The smallest absolute Gasteiger partial charge is 0.305 e. The highest BCUT2D eigenvalue weighted by Crippen LogP contribution is 2.22.